The Kier molecular flexibility index (Phi) is 3.84. The van der Waals surface area contributed by atoms with E-state index in [1.54, 1.807) is 24.3 Å². The molecule has 0 aliphatic rings. The van der Waals surface area contributed by atoms with Gasteiger partial charge in [0, 0.05) is 26.0 Å². The minimum absolute atomic E-state index is 0.207. The lowest BCUT2D eigenvalue weighted by Gasteiger charge is -2.16. The first-order chi connectivity index (χ1) is 8.66. The van der Waals surface area contributed by atoms with Crippen molar-refractivity contribution in [2.45, 2.75) is 6.54 Å². The van der Waals surface area contributed by atoms with E-state index in [0.29, 0.717) is 6.54 Å². The Balaban J connectivity index is 2.10. The third-order valence-corrected chi connectivity index (χ3v) is 2.52. The summed E-state index contributed by atoms with van der Waals surface area (Å²) in [7, 11) is 1.70. The van der Waals surface area contributed by atoms with Crippen molar-refractivity contribution in [2.24, 2.45) is 0 Å². The summed E-state index contributed by atoms with van der Waals surface area (Å²) in [5, 5.41) is 0.207. The molecule has 0 N–H and O–H groups in total. The van der Waals surface area contributed by atoms with E-state index in [9.17, 15) is 4.79 Å². The van der Waals surface area contributed by atoms with E-state index in [2.05, 4.69) is 15.0 Å². The predicted molar refractivity (Wildman–Crippen MR) is 67.1 cm³/mol. The van der Waals surface area contributed by atoms with Crippen molar-refractivity contribution in [3.8, 4) is 0 Å². The van der Waals surface area contributed by atoms with Gasteiger partial charge in [-0.15, -0.1) is 0 Å². The Morgan fingerprint density at radius 2 is 2.00 bits per heavy atom. The second-order valence-corrected chi connectivity index (χ2v) is 4.13. The maximum atomic E-state index is 12.1. The smallest absolute Gasteiger partial charge is 0.274 e. The standard InChI is InChI=1S/C12H11ClN4O/c1-17(8-9-2-4-14-5-3-9)12(18)10-6-15-7-11(13)16-10/h2-7H,8H2,1H3. The first-order valence-electron chi connectivity index (χ1n) is 5.29. The van der Waals surface area contributed by atoms with Crippen molar-refractivity contribution in [1.82, 2.24) is 19.9 Å². The number of pyridine rings is 1. The largest absolute Gasteiger partial charge is 0.336 e. The van der Waals surface area contributed by atoms with Crippen LogP contribution in [-0.2, 0) is 6.54 Å². The number of hydrogen-bond donors (Lipinski definition) is 0. The lowest BCUT2D eigenvalue weighted by atomic mass is 10.2. The summed E-state index contributed by atoms with van der Waals surface area (Å²) in [6.07, 6.45) is 6.16. The summed E-state index contributed by atoms with van der Waals surface area (Å²) in [5.41, 5.74) is 1.23. The number of halogens is 1. The molecule has 0 atom stereocenters. The molecule has 0 radical (unpaired) electrons. The molecule has 5 nitrogen and oxygen atoms in total. The van der Waals surface area contributed by atoms with Gasteiger partial charge < -0.3 is 4.90 Å². The Hall–Kier alpha value is -2.01. The van der Waals surface area contributed by atoms with Crippen LogP contribution in [0.2, 0.25) is 5.15 Å². The lowest BCUT2D eigenvalue weighted by Crippen LogP contribution is -2.27. The van der Waals surface area contributed by atoms with Gasteiger partial charge in [-0.2, -0.15) is 0 Å². The third-order valence-electron chi connectivity index (χ3n) is 2.34. The van der Waals surface area contributed by atoms with Crippen LogP contribution >= 0.6 is 11.6 Å². The van der Waals surface area contributed by atoms with Gasteiger partial charge in [-0.3, -0.25) is 14.8 Å². The normalized spacial score (nSPS) is 10.1. The van der Waals surface area contributed by atoms with Gasteiger partial charge in [0.2, 0.25) is 0 Å². The van der Waals surface area contributed by atoms with Gasteiger partial charge in [0.05, 0.1) is 12.4 Å². The van der Waals surface area contributed by atoms with Gasteiger partial charge in [0.25, 0.3) is 5.91 Å². The molecule has 0 spiro atoms. The highest BCUT2D eigenvalue weighted by Gasteiger charge is 2.14. The SMILES string of the molecule is CN(Cc1ccncc1)C(=O)c1cncc(Cl)n1. The highest BCUT2D eigenvalue weighted by atomic mass is 35.5. The quantitative estimate of drug-likeness (QED) is 0.846. The number of nitrogens with zero attached hydrogens (tertiary/aromatic N) is 4. The molecule has 0 bridgehead atoms. The third kappa shape index (κ3) is 3.01. The van der Waals surface area contributed by atoms with Gasteiger partial charge in [-0.1, -0.05) is 11.6 Å². The maximum Gasteiger partial charge on any atom is 0.274 e. The van der Waals surface area contributed by atoms with E-state index in [4.69, 9.17) is 11.6 Å². The summed E-state index contributed by atoms with van der Waals surface area (Å²) in [5.74, 6) is -0.221. The molecule has 0 aliphatic carbocycles. The zero-order valence-electron chi connectivity index (χ0n) is 9.75. The van der Waals surface area contributed by atoms with E-state index in [1.807, 2.05) is 12.1 Å². The van der Waals surface area contributed by atoms with Gasteiger partial charge in [0.15, 0.2) is 0 Å². The van der Waals surface area contributed by atoms with Crippen molar-refractivity contribution >= 4 is 17.5 Å². The first-order valence-corrected chi connectivity index (χ1v) is 5.66. The highest BCUT2D eigenvalue weighted by molar-refractivity contribution is 6.29. The molecular weight excluding hydrogens is 252 g/mol. The molecule has 0 saturated carbocycles. The van der Waals surface area contributed by atoms with E-state index < -0.39 is 0 Å². The topological polar surface area (TPSA) is 59.0 Å². The zero-order valence-corrected chi connectivity index (χ0v) is 10.5. The van der Waals surface area contributed by atoms with Crippen LogP contribution < -0.4 is 0 Å². The van der Waals surface area contributed by atoms with Gasteiger partial charge in [0.1, 0.15) is 10.8 Å². The molecule has 0 fully saturated rings. The molecule has 2 aromatic heterocycles. The summed E-state index contributed by atoms with van der Waals surface area (Å²) in [4.78, 5) is 25.3. The Bertz CT molecular complexity index is 547. The van der Waals surface area contributed by atoms with Crippen molar-refractivity contribution in [3.05, 3.63) is 53.3 Å². The van der Waals surface area contributed by atoms with Crippen LogP contribution in [0.15, 0.2) is 36.9 Å². The molecule has 0 aliphatic heterocycles. The van der Waals surface area contributed by atoms with Crippen LogP contribution in [0.3, 0.4) is 0 Å². The Morgan fingerprint density at radius 3 is 2.67 bits per heavy atom. The summed E-state index contributed by atoms with van der Waals surface area (Å²) < 4.78 is 0. The number of hydrogen-bond acceptors (Lipinski definition) is 4. The molecule has 92 valence electrons. The minimum atomic E-state index is -0.221. The summed E-state index contributed by atoms with van der Waals surface area (Å²) in [6.45, 7) is 0.482. The lowest BCUT2D eigenvalue weighted by molar-refractivity contribution is 0.0779. The molecule has 18 heavy (non-hydrogen) atoms. The molecule has 2 rings (SSSR count). The summed E-state index contributed by atoms with van der Waals surface area (Å²) >= 11 is 5.70. The average Bonchev–Trinajstić information content (AvgIpc) is 2.39. The van der Waals surface area contributed by atoms with Crippen molar-refractivity contribution in [3.63, 3.8) is 0 Å². The zero-order chi connectivity index (χ0) is 13.0. The second-order valence-electron chi connectivity index (χ2n) is 3.74. The van der Waals surface area contributed by atoms with Crippen LogP contribution in [0.5, 0.6) is 0 Å². The maximum absolute atomic E-state index is 12.1. The highest BCUT2D eigenvalue weighted by Crippen LogP contribution is 2.07. The number of amides is 1. The first kappa shape index (κ1) is 12.4. The van der Waals surface area contributed by atoms with Gasteiger partial charge in [-0.05, 0) is 17.7 Å². The Morgan fingerprint density at radius 1 is 1.28 bits per heavy atom. The van der Waals surface area contributed by atoms with E-state index in [-0.39, 0.29) is 16.8 Å². The fourth-order valence-electron chi connectivity index (χ4n) is 1.47. The van der Waals surface area contributed by atoms with E-state index >= 15 is 0 Å². The molecular formula is C12H11ClN4O. The van der Waals surface area contributed by atoms with E-state index in [1.165, 1.54) is 12.4 Å². The number of rotatable bonds is 3. The van der Waals surface area contributed by atoms with Gasteiger partial charge in [-0.25, -0.2) is 4.98 Å². The van der Waals surface area contributed by atoms with Crippen LogP contribution in [0.1, 0.15) is 16.1 Å². The fraction of sp³-hybridized carbons (Fsp3) is 0.167. The average molecular weight is 263 g/mol. The van der Waals surface area contributed by atoms with Crippen molar-refractivity contribution < 1.29 is 4.79 Å². The van der Waals surface area contributed by atoms with Crippen LogP contribution in [0.4, 0.5) is 0 Å². The number of carbonyl (C=O) groups excluding carboxylic acids is 1. The molecule has 0 unspecified atom stereocenters. The van der Waals surface area contributed by atoms with Crippen LogP contribution in [-0.4, -0.2) is 32.8 Å². The van der Waals surface area contributed by atoms with Crippen LogP contribution in [0, 0.1) is 0 Å². The summed E-state index contributed by atoms with van der Waals surface area (Å²) in [6, 6.07) is 3.71. The van der Waals surface area contributed by atoms with Crippen molar-refractivity contribution in [1.29, 1.82) is 0 Å². The second kappa shape index (κ2) is 5.55. The molecule has 6 heteroatoms. The molecule has 0 saturated heterocycles. The number of carbonyl (C=O) groups is 1. The predicted octanol–water partition coefficient (Wildman–Crippen LogP) is 1.80. The monoisotopic (exact) mass is 262 g/mol. The van der Waals surface area contributed by atoms with Crippen LogP contribution in [0.25, 0.3) is 0 Å². The van der Waals surface area contributed by atoms with Gasteiger partial charge >= 0.3 is 0 Å². The molecule has 0 aromatic carbocycles. The van der Waals surface area contributed by atoms with E-state index in [0.717, 1.165) is 5.56 Å². The molecule has 2 heterocycles. The number of aromatic nitrogens is 3. The Labute approximate surface area is 109 Å². The fourth-order valence-corrected chi connectivity index (χ4v) is 1.62. The molecule has 2 aromatic rings. The minimum Gasteiger partial charge on any atom is -0.336 e. The van der Waals surface area contributed by atoms with Crippen molar-refractivity contribution in [2.75, 3.05) is 7.05 Å². The molecule has 1 amide bonds.